The molecule has 19 heavy (non-hydrogen) atoms. The summed E-state index contributed by atoms with van der Waals surface area (Å²) >= 11 is 5.98. The van der Waals surface area contributed by atoms with E-state index in [9.17, 15) is 0 Å². The van der Waals surface area contributed by atoms with Crippen LogP contribution in [0.5, 0.6) is 0 Å². The zero-order valence-electron chi connectivity index (χ0n) is 11.5. The smallest absolute Gasteiger partial charge is 0.0485 e. The van der Waals surface area contributed by atoms with Crippen molar-refractivity contribution in [3.8, 4) is 0 Å². The first kappa shape index (κ1) is 13.8. The molecular formula is C16H19ClN2. The molecule has 3 heteroatoms. The monoisotopic (exact) mass is 274 g/mol. The number of nitrogens with one attached hydrogen (secondary N) is 1. The summed E-state index contributed by atoms with van der Waals surface area (Å²) in [5.41, 5.74) is 3.50. The van der Waals surface area contributed by atoms with Crippen molar-refractivity contribution in [1.29, 1.82) is 0 Å². The van der Waals surface area contributed by atoms with Gasteiger partial charge in [-0.3, -0.25) is 0 Å². The standard InChI is InChI=1S/C16H19ClN2/c1-12(18-15-6-4-5-14(17)11-15)13-7-9-16(10-8-13)19(2)3/h4-12,18H,1-3H3. The molecule has 0 bridgehead atoms. The summed E-state index contributed by atoms with van der Waals surface area (Å²) in [6.45, 7) is 2.14. The lowest BCUT2D eigenvalue weighted by Crippen LogP contribution is -2.10. The molecule has 0 saturated carbocycles. The summed E-state index contributed by atoms with van der Waals surface area (Å²) in [5.74, 6) is 0. The highest BCUT2D eigenvalue weighted by atomic mass is 35.5. The average molecular weight is 275 g/mol. The van der Waals surface area contributed by atoms with E-state index >= 15 is 0 Å². The summed E-state index contributed by atoms with van der Waals surface area (Å²) in [7, 11) is 4.09. The minimum absolute atomic E-state index is 0.245. The van der Waals surface area contributed by atoms with Crippen LogP contribution in [-0.2, 0) is 0 Å². The molecule has 0 amide bonds. The lowest BCUT2D eigenvalue weighted by molar-refractivity contribution is 0.884. The van der Waals surface area contributed by atoms with Gasteiger partial charge < -0.3 is 10.2 Å². The summed E-state index contributed by atoms with van der Waals surface area (Å²) < 4.78 is 0. The summed E-state index contributed by atoms with van der Waals surface area (Å²) in [6.07, 6.45) is 0. The summed E-state index contributed by atoms with van der Waals surface area (Å²) in [5, 5.41) is 4.20. The highest BCUT2D eigenvalue weighted by Crippen LogP contribution is 2.23. The van der Waals surface area contributed by atoms with Crippen molar-refractivity contribution in [3.05, 3.63) is 59.1 Å². The second kappa shape index (κ2) is 5.98. The molecule has 0 radical (unpaired) electrons. The van der Waals surface area contributed by atoms with E-state index in [1.54, 1.807) is 0 Å². The quantitative estimate of drug-likeness (QED) is 0.878. The molecule has 2 nitrogen and oxygen atoms in total. The maximum absolute atomic E-state index is 5.98. The summed E-state index contributed by atoms with van der Waals surface area (Å²) in [6, 6.07) is 16.6. The van der Waals surface area contributed by atoms with Gasteiger partial charge >= 0.3 is 0 Å². The molecule has 2 aromatic rings. The largest absolute Gasteiger partial charge is 0.378 e. The van der Waals surface area contributed by atoms with E-state index in [2.05, 4.69) is 41.4 Å². The highest BCUT2D eigenvalue weighted by molar-refractivity contribution is 6.30. The second-order valence-corrected chi connectivity index (χ2v) is 5.30. The Labute approximate surface area is 120 Å². The molecule has 2 aromatic carbocycles. The van der Waals surface area contributed by atoms with Gasteiger partial charge in [-0.05, 0) is 42.8 Å². The van der Waals surface area contributed by atoms with E-state index in [1.165, 1.54) is 11.3 Å². The molecule has 0 spiro atoms. The van der Waals surface area contributed by atoms with Crippen LogP contribution in [0.4, 0.5) is 11.4 Å². The minimum atomic E-state index is 0.245. The van der Waals surface area contributed by atoms with Crippen molar-refractivity contribution in [1.82, 2.24) is 0 Å². The van der Waals surface area contributed by atoms with E-state index in [0.717, 1.165) is 10.7 Å². The maximum atomic E-state index is 5.98. The number of benzene rings is 2. The average Bonchev–Trinajstić information content (AvgIpc) is 2.39. The Balaban J connectivity index is 2.09. The number of nitrogens with zero attached hydrogens (tertiary/aromatic N) is 1. The second-order valence-electron chi connectivity index (χ2n) is 4.86. The van der Waals surface area contributed by atoms with Crippen LogP contribution in [0.3, 0.4) is 0 Å². The van der Waals surface area contributed by atoms with Crippen molar-refractivity contribution < 1.29 is 0 Å². The van der Waals surface area contributed by atoms with Crippen LogP contribution >= 0.6 is 11.6 Å². The molecule has 1 atom stereocenters. The lowest BCUT2D eigenvalue weighted by Gasteiger charge is -2.18. The molecule has 2 rings (SSSR count). The first-order valence-corrected chi connectivity index (χ1v) is 6.73. The third kappa shape index (κ3) is 3.65. The third-order valence-corrected chi connectivity index (χ3v) is 3.35. The highest BCUT2D eigenvalue weighted by Gasteiger charge is 2.06. The van der Waals surface area contributed by atoms with Gasteiger partial charge in [-0.1, -0.05) is 29.8 Å². The molecule has 0 aliphatic carbocycles. The predicted molar refractivity (Wildman–Crippen MR) is 84.3 cm³/mol. The van der Waals surface area contributed by atoms with Crippen molar-refractivity contribution in [2.75, 3.05) is 24.3 Å². The first-order valence-electron chi connectivity index (χ1n) is 6.35. The molecular weight excluding hydrogens is 256 g/mol. The number of hydrogen-bond acceptors (Lipinski definition) is 2. The van der Waals surface area contributed by atoms with Gasteiger partial charge in [0.05, 0.1) is 0 Å². The normalized spacial score (nSPS) is 12.0. The molecule has 0 aliphatic heterocycles. The molecule has 1 unspecified atom stereocenters. The SMILES string of the molecule is CC(Nc1cccc(Cl)c1)c1ccc(N(C)C)cc1. The van der Waals surface area contributed by atoms with Gasteiger partial charge in [0.1, 0.15) is 0 Å². The lowest BCUT2D eigenvalue weighted by atomic mass is 10.1. The van der Waals surface area contributed by atoms with Crippen molar-refractivity contribution in [3.63, 3.8) is 0 Å². The van der Waals surface area contributed by atoms with Crippen LogP contribution < -0.4 is 10.2 Å². The molecule has 100 valence electrons. The maximum Gasteiger partial charge on any atom is 0.0485 e. The van der Waals surface area contributed by atoms with Crippen LogP contribution in [-0.4, -0.2) is 14.1 Å². The zero-order valence-corrected chi connectivity index (χ0v) is 12.3. The number of hydrogen-bond donors (Lipinski definition) is 1. The first-order chi connectivity index (χ1) is 9.06. The van der Waals surface area contributed by atoms with E-state index in [1.807, 2.05) is 38.4 Å². The van der Waals surface area contributed by atoms with Crippen LogP contribution in [0, 0.1) is 0 Å². The third-order valence-electron chi connectivity index (χ3n) is 3.12. The fourth-order valence-corrected chi connectivity index (χ4v) is 2.16. The molecule has 0 aromatic heterocycles. The summed E-state index contributed by atoms with van der Waals surface area (Å²) in [4.78, 5) is 2.10. The number of rotatable bonds is 4. The fourth-order valence-electron chi connectivity index (χ4n) is 1.97. The molecule has 0 fully saturated rings. The van der Waals surface area contributed by atoms with E-state index < -0.39 is 0 Å². The Morgan fingerprint density at radius 3 is 2.32 bits per heavy atom. The Bertz CT molecular complexity index is 535. The van der Waals surface area contributed by atoms with E-state index in [-0.39, 0.29) is 6.04 Å². The predicted octanol–water partition coefficient (Wildman–Crippen LogP) is 4.58. The van der Waals surface area contributed by atoms with Crippen molar-refractivity contribution in [2.45, 2.75) is 13.0 Å². The van der Waals surface area contributed by atoms with Crippen LogP contribution in [0.1, 0.15) is 18.5 Å². The molecule has 1 N–H and O–H groups in total. The van der Waals surface area contributed by atoms with E-state index in [4.69, 9.17) is 11.6 Å². The van der Waals surface area contributed by atoms with Crippen molar-refractivity contribution in [2.24, 2.45) is 0 Å². The minimum Gasteiger partial charge on any atom is -0.378 e. The number of halogens is 1. The van der Waals surface area contributed by atoms with Gasteiger partial charge in [0.25, 0.3) is 0 Å². The Kier molecular flexibility index (Phi) is 4.33. The van der Waals surface area contributed by atoms with Gasteiger partial charge in [-0.2, -0.15) is 0 Å². The fraction of sp³-hybridized carbons (Fsp3) is 0.250. The number of anilines is 2. The van der Waals surface area contributed by atoms with Crippen LogP contribution in [0.15, 0.2) is 48.5 Å². The van der Waals surface area contributed by atoms with Crippen LogP contribution in [0.25, 0.3) is 0 Å². The molecule has 0 aliphatic rings. The van der Waals surface area contributed by atoms with E-state index in [0.29, 0.717) is 0 Å². The van der Waals surface area contributed by atoms with Gasteiger partial charge in [0, 0.05) is 36.5 Å². The molecule has 0 saturated heterocycles. The topological polar surface area (TPSA) is 15.3 Å². The van der Waals surface area contributed by atoms with Gasteiger partial charge in [0.2, 0.25) is 0 Å². The van der Waals surface area contributed by atoms with Crippen LogP contribution in [0.2, 0.25) is 5.02 Å². The van der Waals surface area contributed by atoms with Gasteiger partial charge in [0.15, 0.2) is 0 Å². The molecule has 0 heterocycles. The Morgan fingerprint density at radius 1 is 1.05 bits per heavy atom. The van der Waals surface area contributed by atoms with Gasteiger partial charge in [-0.25, -0.2) is 0 Å². The van der Waals surface area contributed by atoms with Crippen molar-refractivity contribution >= 4 is 23.0 Å². The Hall–Kier alpha value is -1.67. The zero-order chi connectivity index (χ0) is 13.8. The Morgan fingerprint density at radius 2 is 1.74 bits per heavy atom. The van der Waals surface area contributed by atoms with Gasteiger partial charge in [-0.15, -0.1) is 0 Å².